The smallest absolute Gasteiger partial charge is 0.306 e. The standard InChI is InChI=1S/C55H92O15/c1-3-5-7-9-11-13-15-17-19-20-21-22-24-25-27-29-31-33-35-37-46(57)65-40-43(68-47(58)38-36-34-32-30-28-26-23-18-16-14-12-10-8-6-4-2)41-66-54-53(64)51(62)49(60)45(70-54)42-67-55-52(63)50(61)48(59)44(39-56)69-55/h5,7,10-13,17,19,21-22,25,27,43-45,48-56,59-64H,3-4,6,8-9,14-16,18,20,23-24,26,28-42H2,1-2H3/b7-5+,12-10+,13-11+,19-17+,22-21+,27-25+/t43-,44+,45+,48-,49-,50?,51?,52?,53?,54+,55+/m0/s1. The summed E-state index contributed by atoms with van der Waals surface area (Å²) in [5.41, 5.74) is 0. The first-order valence-corrected chi connectivity index (χ1v) is 26.5. The molecular weight excluding hydrogens is 901 g/mol. The number of rotatable bonds is 40. The van der Waals surface area contributed by atoms with Gasteiger partial charge >= 0.3 is 11.9 Å². The minimum absolute atomic E-state index is 0.152. The lowest BCUT2D eigenvalue weighted by Crippen LogP contribution is -2.61. The summed E-state index contributed by atoms with van der Waals surface area (Å²) in [7, 11) is 0. The van der Waals surface area contributed by atoms with Crippen molar-refractivity contribution in [3.63, 3.8) is 0 Å². The zero-order chi connectivity index (χ0) is 51.0. The molecule has 0 amide bonds. The summed E-state index contributed by atoms with van der Waals surface area (Å²) in [5, 5.41) is 72.1. The number of carbonyl (C=O) groups excluding carboxylic acids is 2. The molecule has 0 aromatic heterocycles. The first-order valence-electron chi connectivity index (χ1n) is 26.5. The number of unbranched alkanes of at least 4 members (excludes halogenated alkanes) is 14. The summed E-state index contributed by atoms with van der Waals surface area (Å²) in [6.45, 7) is 2.40. The van der Waals surface area contributed by atoms with Crippen LogP contribution in [0.15, 0.2) is 72.9 Å². The van der Waals surface area contributed by atoms with Crippen molar-refractivity contribution in [3.05, 3.63) is 72.9 Å². The maximum Gasteiger partial charge on any atom is 0.306 e. The minimum atomic E-state index is -1.77. The highest BCUT2D eigenvalue weighted by Gasteiger charge is 2.47. The van der Waals surface area contributed by atoms with Crippen molar-refractivity contribution in [2.24, 2.45) is 0 Å². The van der Waals surface area contributed by atoms with Crippen LogP contribution in [0.5, 0.6) is 0 Å². The quantitative estimate of drug-likeness (QED) is 0.0176. The molecule has 0 aliphatic carbocycles. The average molecular weight is 993 g/mol. The fraction of sp³-hybridized carbons (Fsp3) is 0.745. The van der Waals surface area contributed by atoms with Crippen LogP contribution in [-0.4, -0.2) is 142 Å². The molecule has 0 aromatic rings. The van der Waals surface area contributed by atoms with E-state index in [2.05, 4.69) is 86.8 Å². The van der Waals surface area contributed by atoms with Gasteiger partial charge in [-0.15, -0.1) is 0 Å². The summed E-state index contributed by atoms with van der Waals surface area (Å²) >= 11 is 0. The lowest BCUT2D eigenvalue weighted by atomic mass is 9.98. The van der Waals surface area contributed by atoms with Gasteiger partial charge in [0, 0.05) is 12.8 Å². The van der Waals surface area contributed by atoms with Crippen LogP contribution in [0.2, 0.25) is 0 Å². The Morgan fingerprint density at radius 2 is 0.900 bits per heavy atom. The third kappa shape index (κ3) is 28.8. The molecule has 402 valence electrons. The molecule has 2 aliphatic rings. The van der Waals surface area contributed by atoms with Crippen molar-refractivity contribution >= 4 is 11.9 Å². The van der Waals surface area contributed by atoms with Crippen LogP contribution < -0.4 is 0 Å². The lowest BCUT2D eigenvalue weighted by molar-refractivity contribution is -0.332. The van der Waals surface area contributed by atoms with Crippen molar-refractivity contribution in [2.75, 3.05) is 26.4 Å². The molecule has 15 nitrogen and oxygen atoms in total. The topological polar surface area (TPSA) is 231 Å². The molecule has 0 saturated carbocycles. The van der Waals surface area contributed by atoms with Gasteiger partial charge in [-0.1, -0.05) is 151 Å². The summed E-state index contributed by atoms with van der Waals surface area (Å²) in [5.74, 6) is -0.970. The van der Waals surface area contributed by atoms with Crippen LogP contribution in [0.1, 0.15) is 168 Å². The largest absolute Gasteiger partial charge is 0.462 e. The Labute approximate surface area is 419 Å². The molecular formula is C55H92O15. The minimum Gasteiger partial charge on any atom is -0.462 e. The molecule has 0 bridgehead atoms. The predicted molar refractivity (Wildman–Crippen MR) is 270 cm³/mol. The third-order valence-corrected chi connectivity index (χ3v) is 12.2. The number of allylic oxidation sites excluding steroid dienone is 12. The zero-order valence-electron chi connectivity index (χ0n) is 42.5. The van der Waals surface area contributed by atoms with Crippen molar-refractivity contribution in [1.29, 1.82) is 0 Å². The SMILES string of the molecule is CC/C=C/C/C=C/C/C=C/C/C=C/C/C=C/CCCCCC(=O)OC[C@@H](CO[C@@H]1O[C@H](CO[C@@H]2O[C@H](CO)[C@H](O)C(O)C2O)[C@H](O)C(O)C1O)OC(=O)CCCCCCCCCCC/C=C/CCCC. The molecule has 2 rings (SSSR count). The molecule has 0 spiro atoms. The van der Waals surface area contributed by atoms with Gasteiger partial charge in [-0.2, -0.15) is 0 Å². The van der Waals surface area contributed by atoms with Gasteiger partial charge in [-0.25, -0.2) is 0 Å². The maximum absolute atomic E-state index is 13.0. The monoisotopic (exact) mass is 993 g/mol. The highest BCUT2D eigenvalue weighted by molar-refractivity contribution is 5.70. The number of hydrogen-bond acceptors (Lipinski definition) is 15. The molecule has 0 radical (unpaired) electrons. The van der Waals surface area contributed by atoms with Crippen LogP contribution in [-0.2, 0) is 38.0 Å². The molecule has 70 heavy (non-hydrogen) atoms. The Balaban J connectivity index is 1.81. The van der Waals surface area contributed by atoms with E-state index in [0.29, 0.717) is 12.8 Å². The van der Waals surface area contributed by atoms with E-state index >= 15 is 0 Å². The van der Waals surface area contributed by atoms with E-state index in [1.54, 1.807) is 0 Å². The molecule has 7 N–H and O–H groups in total. The second-order valence-corrected chi connectivity index (χ2v) is 18.3. The Morgan fingerprint density at radius 3 is 1.44 bits per heavy atom. The fourth-order valence-corrected chi connectivity index (χ4v) is 7.81. The van der Waals surface area contributed by atoms with E-state index < -0.39 is 99.3 Å². The van der Waals surface area contributed by atoms with Crippen molar-refractivity contribution in [3.8, 4) is 0 Å². The number of hydrogen-bond donors (Lipinski definition) is 7. The van der Waals surface area contributed by atoms with Crippen LogP contribution in [0.4, 0.5) is 0 Å². The number of esters is 2. The average Bonchev–Trinajstić information content (AvgIpc) is 3.35. The van der Waals surface area contributed by atoms with Gasteiger partial charge in [0.2, 0.25) is 0 Å². The number of ether oxygens (including phenoxy) is 6. The summed E-state index contributed by atoms with van der Waals surface area (Å²) in [6, 6.07) is 0. The second-order valence-electron chi connectivity index (χ2n) is 18.3. The summed E-state index contributed by atoms with van der Waals surface area (Å²) in [4.78, 5) is 25.8. The lowest BCUT2D eigenvalue weighted by Gasteiger charge is -2.42. The number of aliphatic hydroxyl groups excluding tert-OH is 7. The molecule has 4 unspecified atom stereocenters. The molecule has 0 aromatic carbocycles. The van der Waals surface area contributed by atoms with E-state index in [9.17, 15) is 45.3 Å². The number of aliphatic hydroxyl groups is 7. The summed E-state index contributed by atoms with van der Waals surface area (Å²) in [6.07, 6.45) is 32.1. The summed E-state index contributed by atoms with van der Waals surface area (Å²) < 4.78 is 33.6. The molecule has 11 atom stereocenters. The van der Waals surface area contributed by atoms with E-state index in [0.717, 1.165) is 83.5 Å². The van der Waals surface area contributed by atoms with Crippen LogP contribution in [0.3, 0.4) is 0 Å². The first kappa shape index (κ1) is 63.1. The van der Waals surface area contributed by atoms with Gasteiger partial charge in [-0.3, -0.25) is 9.59 Å². The van der Waals surface area contributed by atoms with E-state index in [1.165, 1.54) is 44.9 Å². The number of carbonyl (C=O) groups is 2. The van der Waals surface area contributed by atoms with Gasteiger partial charge in [0.25, 0.3) is 0 Å². The Bertz CT molecular complexity index is 1490. The molecule has 2 aliphatic heterocycles. The van der Waals surface area contributed by atoms with Gasteiger partial charge in [-0.05, 0) is 77.0 Å². The zero-order valence-corrected chi connectivity index (χ0v) is 42.5. The Morgan fingerprint density at radius 1 is 0.471 bits per heavy atom. The molecule has 2 saturated heterocycles. The van der Waals surface area contributed by atoms with Crippen molar-refractivity contribution in [2.45, 2.75) is 235 Å². The maximum atomic E-state index is 13.0. The van der Waals surface area contributed by atoms with E-state index in [-0.39, 0.29) is 19.4 Å². The van der Waals surface area contributed by atoms with Gasteiger partial charge in [0.1, 0.15) is 55.4 Å². The van der Waals surface area contributed by atoms with Crippen molar-refractivity contribution < 1.29 is 73.8 Å². The second kappa shape index (κ2) is 41.4. The third-order valence-electron chi connectivity index (χ3n) is 12.2. The normalized spacial score (nSPS) is 26.0. The Hall–Kier alpha value is -3.06. The highest BCUT2D eigenvalue weighted by Crippen LogP contribution is 2.26. The molecule has 2 fully saturated rings. The Kier molecular flexibility index (Phi) is 37.3. The molecule has 15 heteroatoms. The van der Waals surface area contributed by atoms with E-state index in [1.807, 2.05) is 0 Å². The fourth-order valence-electron chi connectivity index (χ4n) is 7.81. The van der Waals surface area contributed by atoms with E-state index in [4.69, 9.17) is 28.4 Å². The predicted octanol–water partition coefficient (Wildman–Crippen LogP) is 7.82. The van der Waals surface area contributed by atoms with Crippen LogP contribution in [0, 0.1) is 0 Å². The van der Waals surface area contributed by atoms with Gasteiger partial charge < -0.3 is 64.2 Å². The molecule has 2 heterocycles. The highest BCUT2D eigenvalue weighted by atomic mass is 16.7. The first-order chi connectivity index (χ1) is 34.0. The van der Waals surface area contributed by atoms with Gasteiger partial charge in [0.15, 0.2) is 18.7 Å². The van der Waals surface area contributed by atoms with Gasteiger partial charge in [0.05, 0.1) is 19.8 Å². The van der Waals surface area contributed by atoms with Crippen molar-refractivity contribution in [1.82, 2.24) is 0 Å². The van der Waals surface area contributed by atoms with Crippen LogP contribution in [0.25, 0.3) is 0 Å². The van der Waals surface area contributed by atoms with Crippen LogP contribution >= 0.6 is 0 Å².